The number of hydroxylamine groups is 3. The molecule has 0 aliphatic rings. The molecule has 39 heavy (non-hydrogen) atoms. The van der Waals surface area contributed by atoms with E-state index in [1.54, 1.807) is 0 Å². The SMILES string of the molecule is CCCCCCCCCCCCCCOC(CC)(CC[N+](C)(C)O)OCCCCCCCCCCCCCC. The van der Waals surface area contributed by atoms with Crippen molar-refractivity contribution in [3.05, 3.63) is 0 Å². The molecule has 0 unspecified atom stereocenters. The average Bonchev–Trinajstić information content (AvgIpc) is 2.91. The Bertz CT molecular complexity index is 447. The maximum atomic E-state index is 10.3. The zero-order valence-electron chi connectivity index (χ0n) is 27.7. The van der Waals surface area contributed by atoms with Crippen LogP contribution >= 0.6 is 0 Å². The highest BCUT2D eigenvalue weighted by molar-refractivity contribution is 4.69. The second kappa shape index (κ2) is 28.0. The van der Waals surface area contributed by atoms with E-state index in [9.17, 15) is 5.21 Å². The van der Waals surface area contributed by atoms with Crippen molar-refractivity contribution in [2.75, 3.05) is 33.9 Å². The Morgan fingerprint density at radius 2 is 0.744 bits per heavy atom. The van der Waals surface area contributed by atoms with Gasteiger partial charge in [0.2, 0.25) is 0 Å². The minimum absolute atomic E-state index is 0.0360. The lowest BCUT2D eigenvalue weighted by Gasteiger charge is -2.34. The molecule has 0 heterocycles. The third-order valence-electron chi connectivity index (χ3n) is 8.30. The molecule has 0 atom stereocenters. The number of hydrogen-bond acceptors (Lipinski definition) is 3. The van der Waals surface area contributed by atoms with E-state index in [1.165, 1.54) is 141 Å². The zero-order valence-corrected chi connectivity index (χ0v) is 27.7. The standard InChI is InChI=1S/C35H74NO3/c1-6-9-11-13-15-17-19-21-23-25-27-29-33-38-35(8-3,31-32-36(4,5)37)39-34-30-28-26-24-22-20-18-16-14-12-10-7-2/h37H,6-34H2,1-5H3/q+1. The first-order valence-corrected chi connectivity index (χ1v) is 17.7. The minimum atomic E-state index is -0.548. The Kier molecular flexibility index (Phi) is 27.9. The molecule has 0 aromatic heterocycles. The lowest BCUT2D eigenvalue weighted by molar-refractivity contribution is -1.07. The van der Waals surface area contributed by atoms with Crippen LogP contribution in [-0.4, -0.2) is 49.5 Å². The van der Waals surface area contributed by atoms with Gasteiger partial charge in [-0.1, -0.05) is 162 Å². The first-order valence-electron chi connectivity index (χ1n) is 17.7. The summed E-state index contributed by atoms with van der Waals surface area (Å²) in [5.74, 6) is -0.548. The van der Waals surface area contributed by atoms with Gasteiger partial charge < -0.3 is 9.47 Å². The van der Waals surface area contributed by atoms with Crippen LogP contribution in [0.15, 0.2) is 0 Å². The van der Waals surface area contributed by atoms with E-state index >= 15 is 0 Å². The molecule has 0 aromatic carbocycles. The fraction of sp³-hybridized carbons (Fsp3) is 1.00. The van der Waals surface area contributed by atoms with Gasteiger partial charge >= 0.3 is 0 Å². The van der Waals surface area contributed by atoms with Crippen LogP contribution in [0.2, 0.25) is 0 Å². The largest absolute Gasteiger partial charge is 0.350 e. The summed E-state index contributed by atoms with van der Waals surface area (Å²) in [6.45, 7) is 8.92. The number of ether oxygens (including phenoxy) is 2. The molecule has 0 spiro atoms. The van der Waals surface area contributed by atoms with Gasteiger partial charge in [0.05, 0.1) is 33.7 Å². The van der Waals surface area contributed by atoms with Crippen LogP contribution in [-0.2, 0) is 9.47 Å². The lowest BCUT2D eigenvalue weighted by Crippen LogP contribution is -2.44. The Morgan fingerprint density at radius 1 is 0.462 bits per heavy atom. The Hall–Kier alpha value is -0.160. The molecule has 0 fully saturated rings. The molecular weight excluding hydrogens is 482 g/mol. The molecule has 0 aliphatic carbocycles. The van der Waals surface area contributed by atoms with Crippen LogP contribution < -0.4 is 0 Å². The van der Waals surface area contributed by atoms with Crippen molar-refractivity contribution >= 4 is 0 Å². The normalized spacial score (nSPS) is 12.5. The molecular formula is C35H74NO3+. The summed E-state index contributed by atoms with van der Waals surface area (Å²) < 4.78 is 12.8. The fourth-order valence-corrected chi connectivity index (χ4v) is 5.41. The highest BCUT2D eigenvalue weighted by Crippen LogP contribution is 2.25. The van der Waals surface area contributed by atoms with Gasteiger partial charge in [0, 0.05) is 0 Å². The zero-order chi connectivity index (χ0) is 28.9. The quantitative estimate of drug-likeness (QED) is 0.0387. The molecule has 0 saturated carbocycles. The molecule has 0 bridgehead atoms. The smallest absolute Gasteiger partial charge is 0.173 e. The van der Waals surface area contributed by atoms with Crippen molar-refractivity contribution in [2.24, 2.45) is 0 Å². The molecule has 0 radical (unpaired) electrons. The predicted molar refractivity (Wildman–Crippen MR) is 170 cm³/mol. The molecule has 236 valence electrons. The second-order valence-corrected chi connectivity index (χ2v) is 12.8. The molecule has 0 amide bonds. The number of rotatable bonds is 32. The summed E-state index contributed by atoms with van der Waals surface area (Å²) in [4.78, 5) is 0. The predicted octanol–water partition coefficient (Wildman–Crippen LogP) is 11.4. The van der Waals surface area contributed by atoms with Crippen molar-refractivity contribution in [3.63, 3.8) is 0 Å². The number of nitrogens with zero attached hydrogens (tertiary/aromatic N) is 1. The van der Waals surface area contributed by atoms with Crippen LogP contribution in [0.4, 0.5) is 0 Å². The first-order chi connectivity index (χ1) is 18.9. The van der Waals surface area contributed by atoms with Crippen LogP contribution in [0.1, 0.15) is 188 Å². The van der Waals surface area contributed by atoms with Crippen LogP contribution in [0.3, 0.4) is 0 Å². The van der Waals surface area contributed by atoms with Gasteiger partial charge in [-0.25, -0.2) is 5.21 Å². The third kappa shape index (κ3) is 27.8. The van der Waals surface area contributed by atoms with Crippen LogP contribution in [0.25, 0.3) is 0 Å². The molecule has 4 nitrogen and oxygen atoms in total. The van der Waals surface area contributed by atoms with Crippen molar-refractivity contribution in [1.29, 1.82) is 0 Å². The van der Waals surface area contributed by atoms with Gasteiger partial charge in [0.15, 0.2) is 5.79 Å². The molecule has 1 N–H and O–H groups in total. The van der Waals surface area contributed by atoms with E-state index in [0.29, 0.717) is 6.54 Å². The topological polar surface area (TPSA) is 38.7 Å². The van der Waals surface area contributed by atoms with Crippen molar-refractivity contribution < 1.29 is 19.3 Å². The highest BCUT2D eigenvalue weighted by Gasteiger charge is 2.32. The summed E-state index contributed by atoms with van der Waals surface area (Å²) in [6.07, 6.45) is 34.1. The van der Waals surface area contributed by atoms with Crippen LogP contribution in [0, 0.1) is 0 Å². The lowest BCUT2D eigenvalue weighted by atomic mass is 10.1. The third-order valence-corrected chi connectivity index (χ3v) is 8.30. The molecule has 0 saturated heterocycles. The summed E-state index contributed by atoms with van der Waals surface area (Å²) in [5.41, 5.74) is 0. The van der Waals surface area contributed by atoms with Gasteiger partial charge in [-0.2, -0.15) is 4.65 Å². The maximum Gasteiger partial charge on any atom is 0.173 e. The Morgan fingerprint density at radius 3 is 1.00 bits per heavy atom. The van der Waals surface area contributed by atoms with E-state index in [0.717, 1.165) is 38.9 Å². The number of quaternary nitrogens is 1. The molecule has 0 rings (SSSR count). The highest BCUT2D eigenvalue weighted by atomic mass is 16.7. The van der Waals surface area contributed by atoms with Crippen molar-refractivity contribution in [2.45, 2.75) is 193 Å². The van der Waals surface area contributed by atoms with Gasteiger partial charge in [-0.05, 0) is 19.3 Å². The Labute approximate surface area is 246 Å². The number of hydrogen-bond donors (Lipinski definition) is 1. The summed E-state index contributed by atoms with van der Waals surface area (Å²) in [7, 11) is 3.66. The molecule has 0 aliphatic heterocycles. The van der Waals surface area contributed by atoms with E-state index < -0.39 is 5.79 Å². The summed E-state index contributed by atoms with van der Waals surface area (Å²) in [5, 5.41) is 10.3. The maximum absolute atomic E-state index is 10.3. The Balaban J connectivity index is 4.01. The van der Waals surface area contributed by atoms with Gasteiger partial charge in [0.1, 0.15) is 6.54 Å². The van der Waals surface area contributed by atoms with Crippen LogP contribution in [0.5, 0.6) is 0 Å². The summed E-state index contributed by atoms with van der Waals surface area (Å²) >= 11 is 0. The van der Waals surface area contributed by atoms with E-state index in [2.05, 4.69) is 20.8 Å². The van der Waals surface area contributed by atoms with E-state index in [4.69, 9.17) is 9.47 Å². The molecule has 0 aromatic rings. The first kappa shape index (κ1) is 38.8. The van der Waals surface area contributed by atoms with E-state index in [1.807, 2.05) is 14.1 Å². The van der Waals surface area contributed by atoms with E-state index in [-0.39, 0.29) is 4.65 Å². The van der Waals surface area contributed by atoms with Gasteiger partial charge in [-0.3, -0.25) is 0 Å². The van der Waals surface area contributed by atoms with Crippen molar-refractivity contribution in [1.82, 2.24) is 0 Å². The second-order valence-electron chi connectivity index (χ2n) is 12.8. The summed E-state index contributed by atoms with van der Waals surface area (Å²) in [6, 6.07) is 0. The number of unbranched alkanes of at least 4 members (excludes halogenated alkanes) is 22. The fourth-order valence-electron chi connectivity index (χ4n) is 5.41. The molecule has 4 heteroatoms. The van der Waals surface area contributed by atoms with Gasteiger partial charge in [-0.15, -0.1) is 0 Å². The minimum Gasteiger partial charge on any atom is -0.350 e. The average molecular weight is 557 g/mol. The van der Waals surface area contributed by atoms with Crippen molar-refractivity contribution in [3.8, 4) is 0 Å². The van der Waals surface area contributed by atoms with Gasteiger partial charge in [0.25, 0.3) is 0 Å². The monoisotopic (exact) mass is 557 g/mol.